The van der Waals surface area contributed by atoms with Gasteiger partial charge < -0.3 is 15.8 Å². The molecule has 0 aliphatic carbocycles. The minimum atomic E-state index is -0.469. The molecule has 0 radical (unpaired) electrons. The second-order valence-electron chi connectivity index (χ2n) is 4.12. The minimum Gasteiger partial charge on any atom is -0.465 e. The third-order valence-electron chi connectivity index (χ3n) is 2.72. The summed E-state index contributed by atoms with van der Waals surface area (Å²) in [5, 5.41) is 2.70. The Morgan fingerprint density at radius 1 is 1.42 bits per heavy atom. The van der Waals surface area contributed by atoms with Crippen molar-refractivity contribution in [3.05, 3.63) is 29.3 Å². The number of methoxy groups -OCH3 is 1. The number of hydrogen-bond donors (Lipinski definition) is 2. The van der Waals surface area contributed by atoms with Gasteiger partial charge >= 0.3 is 5.97 Å². The van der Waals surface area contributed by atoms with Gasteiger partial charge in [-0.25, -0.2) is 4.79 Å². The fraction of sp³-hybridized carbons (Fsp3) is 0.385. The van der Waals surface area contributed by atoms with Crippen molar-refractivity contribution in [3.8, 4) is 0 Å². The number of amides is 1. The molecule has 0 heterocycles. The quantitative estimate of drug-likeness (QED) is 0.826. The lowest BCUT2D eigenvalue weighted by molar-refractivity contribution is -0.119. The number of hydrogen-bond acceptors (Lipinski definition) is 4. The first-order valence-electron chi connectivity index (χ1n) is 5.70. The van der Waals surface area contributed by atoms with E-state index in [1.165, 1.54) is 7.11 Å². The Labute approximate surface area is 118 Å². The van der Waals surface area contributed by atoms with Gasteiger partial charge in [-0.15, -0.1) is 12.4 Å². The van der Waals surface area contributed by atoms with Gasteiger partial charge in [-0.2, -0.15) is 0 Å². The number of anilines is 1. The van der Waals surface area contributed by atoms with E-state index in [-0.39, 0.29) is 30.8 Å². The molecule has 0 aliphatic rings. The molecule has 0 aromatic heterocycles. The van der Waals surface area contributed by atoms with Crippen LogP contribution in [0.15, 0.2) is 18.2 Å². The number of aryl methyl sites for hydroxylation is 1. The van der Waals surface area contributed by atoms with Crippen LogP contribution in [0.5, 0.6) is 0 Å². The summed E-state index contributed by atoms with van der Waals surface area (Å²) in [7, 11) is 1.31. The van der Waals surface area contributed by atoms with Crippen molar-refractivity contribution in [3.63, 3.8) is 0 Å². The van der Waals surface area contributed by atoms with E-state index in [2.05, 4.69) is 5.32 Å². The van der Waals surface area contributed by atoms with Gasteiger partial charge in [0.05, 0.1) is 18.4 Å². The van der Waals surface area contributed by atoms with E-state index in [1.807, 2.05) is 0 Å². The molecule has 0 spiro atoms. The molecule has 106 valence electrons. The largest absolute Gasteiger partial charge is 0.465 e. The molecule has 0 saturated heterocycles. The maximum absolute atomic E-state index is 11.8. The maximum Gasteiger partial charge on any atom is 0.340 e. The minimum absolute atomic E-state index is 0. The molecule has 0 aliphatic heterocycles. The molecule has 0 fully saturated rings. The standard InChI is InChI=1S/C13H18N2O3.ClH/c1-8-5-4-6-10(11(8)13(17)18-3)15-12(16)9(2)7-14;/h4-6,9H,7,14H2,1-3H3,(H,15,16);1H. The first kappa shape index (κ1) is 17.4. The summed E-state index contributed by atoms with van der Waals surface area (Å²) in [6.07, 6.45) is 0. The van der Waals surface area contributed by atoms with E-state index in [0.717, 1.165) is 5.56 Å². The summed E-state index contributed by atoms with van der Waals surface area (Å²) in [4.78, 5) is 23.5. The number of carbonyl (C=O) groups excluding carboxylic acids is 2. The molecule has 1 atom stereocenters. The van der Waals surface area contributed by atoms with Gasteiger partial charge in [-0.3, -0.25) is 4.79 Å². The van der Waals surface area contributed by atoms with Gasteiger partial charge in [0, 0.05) is 12.5 Å². The van der Waals surface area contributed by atoms with Crippen LogP contribution in [0.25, 0.3) is 0 Å². The number of ether oxygens (including phenoxy) is 1. The fourth-order valence-electron chi connectivity index (χ4n) is 1.51. The third-order valence-corrected chi connectivity index (χ3v) is 2.72. The van der Waals surface area contributed by atoms with Crippen LogP contribution < -0.4 is 11.1 Å². The van der Waals surface area contributed by atoms with Crippen LogP contribution in [-0.2, 0) is 9.53 Å². The third kappa shape index (κ3) is 4.22. The lowest BCUT2D eigenvalue weighted by Gasteiger charge is -2.14. The molecule has 3 N–H and O–H groups in total. The molecule has 1 amide bonds. The Bertz CT molecular complexity index is 463. The zero-order chi connectivity index (χ0) is 13.7. The van der Waals surface area contributed by atoms with Crippen molar-refractivity contribution in [1.29, 1.82) is 0 Å². The number of rotatable bonds is 4. The molecule has 1 aromatic carbocycles. The lowest BCUT2D eigenvalue weighted by Crippen LogP contribution is -2.27. The van der Waals surface area contributed by atoms with Crippen LogP contribution in [0.4, 0.5) is 5.69 Å². The smallest absolute Gasteiger partial charge is 0.340 e. The first-order valence-corrected chi connectivity index (χ1v) is 5.70. The summed E-state index contributed by atoms with van der Waals surface area (Å²) in [6, 6.07) is 5.22. The Morgan fingerprint density at radius 2 is 2.05 bits per heavy atom. The lowest BCUT2D eigenvalue weighted by atomic mass is 10.1. The van der Waals surface area contributed by atoms with Crippen molar-refractivity contribution in [2.24, 2.45) is 11.7 Å². The topological polar surface area (TPSA) is 81.4 Å². The van der Waals surface area contributed by atoms with E-state index in [4.69, 9.17) is 10.5 Å². The summed E-state index contributed by atoms with van der Waals surface area (Å²) in [6.45, 7) is 3.77. The highest BCUT2D eigenvalue weighted by Gasteiger charge is 2.18. The fourth-order valence-corrected chi connectivity index (χ4v) is 1.51. The second-order valence-corrected chi connectivity index (χ2v) is 4.12. The number of halogens is 1. The number of benzene rings is 1. The Kier molecular flexibility index (Phi) is 7.11. The molecule has 0 saturated carbocycles. The van der Waals surface area contributed by atoms with E-state index in [9.17, 15) is 9.59 Å². The van der Waals surface area contributed by atoms with Gasteiger partial charge in [-0.1, -0.05) is 19.1 Å². The Morgan fingerprint density at radius 3 is 2.58 bits per heavy atom. The van der Waals surface area contributed by atoms with Crippen molar-refractivity contribution in [2.45, 2.75) is 13.8 Å². The summed E-state index contributed by atoms with van der Waals surface area (Å²) in [5.41, 5.74) is 7.00. The normalized spacial score (nSPS) is 11.2. The van der Waals surface area contributed by atoms with Crippen LogP contribution in [-0.4, -0.2) is 25.5 Å². The molecule has 1 unspecified atom stereocenters. The van der Waals surface area contributed by atoms with Gasteiger partial charge in [0.1, 0.15) is 0 Å². The zero-order valence-corrected chi connectivity index (χ0v) is 12.0. The molecule has 1 rings (SSSR count). The average Bonchev–Trinajstić information content (AvgIpc) is 2.37. The highest BCUT2D eigenvalue weighted by Crippen LogP contribution is 2.21. The molecule has 19 heavy (non-hydrogen) atoms. The second kappa shape index (κ2) is 7.76. The first-order chi connectivity index (χ1) is 8.51. The van der Waals surface area contributed by atoms with Gasteiger partial charge in [0.25, 0.3) is 0 Å². The number of esters is 1. The van der Waals surface area contributed by atoms with Crippen molar-refractivity contribution in [2.75, 3.05) is 19.0 Å². The highest BCUT2D eigenvalue weighted by atomic mass is 35.5. The Hall–Kier alpha value is -1.59. The summed E-state index contributed by atoms with van der Waals surface area (Å²) in [5.74, 6) is -0.993. The maximum atomic E-state index is 11.8. The predicted molar refractivity (Wildman–Crippen MR) is 76.6 cm³/mol. The van der Waals surface area contributed by atoms with Crippen LogP contribution in [0.1, 0.15) is 22.8 Å². The zero-order valence-electron chi connectivity index (χ0n) is 11.2. The van der Waals surface area contributed by atoms with E-state index in [0.29, 0.717) is 11.3 Å². The van der Waals surface area contributed by atoms with Gasteiger partial charge in [-0.05, 0) is 18.6 Å². The van der Waals surface area contributed by atoms with Crippen LogP contribution in [0, 0.1) is 12.8 Å². The van der Waals surface area contributed by atoms with Gasteiger partial charge in [0.15, 0.2) is 0 Å². The molecule has 0 bridgehead atoms. The molecule has 5 nitrogen and oxygen atoms in total. The van der Waals surface area contributed by atoms with E-state index >= 15 is 0 Å². The highest BCUT2D eigenvalue weighted by molar-refractivity contribution is 6.02. The SMILES string of the molecule is COC(=O)c1c(C)cccc1NC(=O)C(C)CN.Cl. The number of nitrogens with two attached hydrogens (primary N) is 1. The number of carbonyl (C=O) groups is 2. The van der Waals surface area contributed by atoms with Crippen molar-refractivity contribution >= 4 is 30.0 Å². The van der Waals surface area contributed by atoms with Crippen LogP contribution in [0.2, 0.25) is 0 Å². The molecule has 6 heteroatoms. The molecular weight excluding hydrogens is 268 g/mol. The summed E-state index contributed by atoms with van der Waals surface area (Å²) >= 11 is 0. The average molecular weight is 287 g/mol. The van der Waals surface area contributed by atoms with Gasteiger partial charge in [0.2, 0.25) is 5.91 Å². The molecule has 1 aromatic rings. The van der Waals surface area contributed by atoms with E-state index in [1.54, 1.807) is 32.0 Å². The monoisotopic (exact) mass is 286 g/mol. The van der Waals surface area contributed by atoms with Crippen molar-refractivity contribution < 1.29 is 14.3 Å². The predicted octanol–water partition coefficient (Wildman–Crippen LogP) is 1.74. The van der Waals surface area contributed by atoms with Crippen LogP contribution >= 0.6 is 12.4 Å². The van der Waals surface area contributed by atoms with E-state index < -0.39 is 5.97 Å². The molecular formula is C13H19ClN2O3. The summed E-state index contributed by atoms with van der Waals surface area (Å²) < 4.78 is 4.71. The number of nitrogens with one attached hydrogen (secondary N) is 1. The van der Waals surface area contributed by atoms with Crippen molar-refractivity contribution in [1.82, 2.24) is 0 Å². The van der Waals surface area contributed by atoms with Crippen LogP contribution in [0.3, 0.4) is 0 Å². The Balaban J connectivity index is 0.00000324.